The summed E-state index contributed by atoms with van der Waals surface area (Å²) in [4.78, 5) is 9.39. The van der Waals surface area contributed by atoms with E-state index in [4.69, 9.17) is 10.6 Å². The van der Waals surface area contributed by atoms with Crippen molar-refractivity contribution in [3.8, 4) is 0 Å². The molecule has 0 saturated carbocycles. The van der Waals surface area contributed by atoms with Crippen LogP contribution in [0, 0.1) is 0 Å². The summed E-state index contributed by atoms with van der Waals surface area (Å²) in [5, 5.41) is 0. The molecule has 0 aromatic carbocycles. The Bertz CT molecular complexity index is 44.3. The molecule has 0 bridgehead atoms. The van der Waals surface area contributed by atoms with E-state index in [1.807, 2.05) is 0 Å². The molecule has 0 rings (SSSR count). The summed E-state index contributed by atoms with van der Waals surface area (Å²) in [6.07, 6.45) is 2.18. The number of unbranched alkanes of at least 4 members (excludes halogenated alkanes) is 1. The van der Waals surface area contributed by atoms with Gasteiger partial charge in [0.05, 0.1) is 13.2 Å². The molecule has 0 fully saturated rings. The third-order valence-corrected chi connectivity index (χ3v) is 0.866. The second-order valence-corrected chi connectivity index (χ2v) is 1.79. The maximum atomic E-state index is 5.14. The maximum Gasteiger partial charge on any atom is 0.0944 e. The van der Waals surface area contributed by atoms with Gasteiger partial charge in [-0.15, -0.1) is 0 Å². The normalized spacial score (nSPS) is 10.0. The second-order valence-electron chi connectivity index (χ2n) is 1.79. The summed E-state index contributed by atoms with van der Waals surface area (Å²) in [5.74, 6) is 0. The van der Waals surface area contributed by atoms with Crippen molar-refractivity contribution in [1.29, 1.82) is 0 Å². The third kappa shape index (κ3) is 7.88. The number of nitrogens with two attached hydrogens (primary N) is 1. The van der Waals surface area contributed by atoms with E-state index in [0.29, 0.717) is 19.8 Å². The predicted octanol–water partition coefficient (Wildman–Crippen LogP) is 0.693. The average Bonchev–Trinajstić information content (AvgIpc) is 1.89. The average molecular weight is 133 g/mol. The molecule has 0 aliphatic rings. The van der Waals surface area contributed by atoms with Gasteiger partial charge in [0, 0.05) is 6.54 Å². The van der Waals surface area contributed by atoms with E-state index in [-0.39, 0.29) is 0 Å². The van der Waals surface area contributed by atoms with E-state index in [9.17, 15) is 0 Å². The second kappa shape index (κ2) is 7.88. The Balaban J connectivity index is 2.60. The van der Waals surface area contributed by atoms with Crippen LogP contribution in [0.3, 0.4) is 0 Å². The minimum atomic E-state index is 0.490. The van der Waals surface area contributed by atoms with Gasteiger partial charge in [0.25, 0.3) is 0 Å². The molecule has 0 aliphatic heterocycles. The standard InChI is InChI=1S/C6H15NO2/c1-2-3-5-8-9-6-4-7/h2-7H2,1H3. The van der Waals surface area contributed by atoms with Crippen molar-refractivity contribution in [3.63, 3.8) is 0 Å². The molecule has 0 aliphatic carbocycles. The highest BCUT2D eigenvalue weighted by molar-refractivity contribution is 4.27. The molecule has 0 spiro atoms. The predicted molar refractivity (Wildman–Crippen MR) is 35.9 cm³/mol. The number of hydrogen-bond donors (Lipinski definition) is 1. The molecular weight excluding hydrogens is 118 g/mol. The van der Waals surface area contributed by atoms with Crippen LogP contribution in [-0.4, -0.2) is 19.8 Å². The molecule has 56 valence electrons. The van der Waals surface area contributed by atoms with E-state index in [1.54, 1.807) is 0 Å². The van der Waals surface area contributed by atoms with Gasteiger partial charge in [-0.3, -0.25) is 0 Å². The van der Waals surface area contributed by atoms with Gasteiger partial charge in [0.15, 0.2) is 0 Å². The van der Waals surface area contributed by atoms with Gasteiger partial charge in [-0.2, -0.15) is 0 Å². The third-order valence-electron chi connectivity index (χ3n) is 0.866. The zero-order valence-corrected chi connectivity index (χ0v) is 5.93. The van der Waals surface area contributed by atoms with Crippen molar-refractivity contribution in [2.75, 3.05) is 19.8 Å². The van der Waals surface area contributed by atoms with Crippen LogP contribution in [0.4, 0.5) is 0 Å². The summed E-state index contributed by atoms with van der Waals surface area (Å²) in [6, 6.07) is 0. The van der Waals surface area contributed by atoms with Gasteiger partial charge < -0.3 is 5.73 Å². The fourth-order valence-electron chi connectivity index (χ4n) is 0.369. The Morgan fingerprint density at radius 3 is 2.44 bits per heavy atom. The van der Waals surface area contributed by atoms with E-state index in [2.05, 4.69) is 11.8 Å². The molecule has 9 heavy (non-hydrogen) atoms. The van der Waals surface area contributed by atoms with Crippen molar-refractivity contribution in [2.45, 2.75) is 19.8 Å². The van der Waals surface area contributed by atoms with Crippen LogP contribution < -0.4 is 5.73 Å². The topological polar surface area (TPSA) is 44.5 Å². The Morgan fingerprint density at radius 1 is 1.22 bits per heavy atom. The fourth-order valence-corrected chi connectivity index (χ4v) is 0.369. The summed E-state index contributed by atoms with van der Waals surface area (Å²) >= 11 is 0. The van der Waals surface area contributed by atoms with Crippen LogP contribution in [-0.2, 0) is 9.78 Å². The van der Waals surface area contributed by atoms with Crippen LogP contribution >= 0.6 is 0 Å². The highest BCUT2D eigenvalue weighted by Crippen LogP contribution is 1.87. The monoisotopic (exact) mass is 133 g/mol. The maximum absolute atomic E-state index is 5.14. The lowest BCUT2D eigenvalue weighted by Crippen LogP contribution is -2.09. The molecule has 0 unspecified atom stereocenters. The van der Waals surface area contributed by atoms with Crippen LogP contribution in [0.5, 0.6) is 0 Å². The minimum absolute atomic E-state index is 0.490. The number of hydrogen-bond acceptors (Lipinski definition) is 3. The molecule has 0 amide bonds. The SMILES string of the molecule is CCCCOOCCN. The molecule has 0 heterocycles. The molecule has 0 atom stereocenters. The lowest BCUT2D eigenvalue weighted by molar-refractivity contribution is -0.292. The molecule has 3 nitrogen and oxygen atoms in total. The lowest BCUT2D eigenvalue weighted by Gasteiger charge is -1.99. The quantitative estimate of drug-likeness (QED) is 0.329. The highest BCUT2D eigenvalue weighted by atomic mass is 17.2. The molecule has 0 aromatic heterocycles. The largest absolute Gasteiger partial charge is 0.328 e. The summed E-state index contributed by atoms with van der Waals surface area (Å²) < 4.78 is 0. The van der Waals surface area contributed by atoms with Gasteiger partial charge in [-0.1, -0.05) is 13.3 Å². The van der Waals surface area contributed by atoms with Crippen LogP contribution in [0.1, 0.15) is 19.8 Å². The van der Waals surface area contributed by atoms with Crippen molar-refractivity contribution in [1.82, 2.24) is 0 Å². The van der Waals surface area contributed by atoms with Gasteiger partial charge in [-0.05, 0) is 6.42 Å². The Kier molecular flexibility index (Phi) is 7.77. The smallest absolute Gasteiger partial charge is 0.0944 e. The fraction of sp³-hybridized carbons (Fsp3) is 1.00. The molecular formula is C6H15NO2. The molecule has 0 radical (unpaired) electrons. The molecule has 3 heteroatoms. The highest BCUT2D eigenvalue weighted by Gasteiger charge is 1.84. The van der Waals surface area contributed by atoms with Crippen molar-refractivity contribution in [2.24, 2.45) is 5.73 Å². The number of rotatable bonds is 6. The summed E-state index contributed by atoms with van der Waals surface area (Å²) in [6.45, 7) is 3.79. The van der Waals surface area contributed by atoms with Gasteiger partial charge in [-0.25, -0.2) is 9.78 Å². The first-order chi connectivity index (χ1) is 4.41. The lowest BCUT2D eigenvalue weighted by atomic mass is 10.4. The van der Waals surface area contributed by atoms with Crippen molar-refractivity contribution in [3.05, 3.63) is 0 Å². The van der Waals surface area contributed by atoms with Crippen molar-refractivity contribution < 1.29 is 9.78 Å². The Labute approximate surface area is 56.1 Å². The minimum Gasteiger partial charge on any atom is -0.328 e. The van der Waals surface area contributed by atoms with Gasteiger partial charge >= 0.3 is 0 Å². The Hall–Kier alpha value is -0.120. The zero-order chi connectivity index (χ0) is 6.95. The van der Waals surface area contributed by atoms with Crippen LogP contribution in [0.15, 0.2) is 0 Å². The van der Waals surface area contributed by atoms with Crippen LogP contribution in [0.25, 0.3) is 0 Å². The zero-order valence-electron chi connectivity index (χ0n) is 5.93. The first-order valence-corrected chi connectivity index (χ1v) is 3.36. The van der Waals surface area contributed by atoms with Crippen molar-refractivity contribution >= 4 is 0 Å². The van der Waals surface area contributed by atoms with Crippen LogP contribution in [0.2, 0.25) is 0 Å². The first-order valence-electron chi connectivity index (χ1n) is 3.36. The van der Waals surface area contributed by atoms with E-state index < -0.39 is 0 Å². The van der Waals surface area contributed by atoms with E-state index in [0.717, 1.165) is 12.8 Å². The summed E-state index contributed by atoms with van der Waals surface area (Å²) in [5.41, 5.74) is 5.14. The molecule has 0 saturated heterocycles. The summed E-state index contributed by atoms with van der Waals surface area (Å²) in [7, 11) is 0. The molecule has 0 aromatic rings. The first kappa shape index (κ1) is 8.88. The Morgan fingerprint density at radius 2 is 1.89 bits per heavy atom. The van der Waals surface area contributed by atoms with Gasteiger partial charge in [0.1, 0.15) is 0 Å². The molecule has 2 N–H and O–H groups in total. The van der Waals surface area contributed by atoms with E-state index >= 15 is 0 Å². The van der Waals surface area contributed by atoms with Gasteiger partial charge in [0.2, 0.25) is 0 Å². The van der Waals surface area contributed by atoms with E-state index in [1.165, 1.54) is 0 Å².